The molecule has 1 spiro atoms. The number of carbonyl (C=O) groups excluding carboxylic acids is 2. The number of nitrogens with one attached hydrogen (secondary N) is 2. The Bertz CT molecular complexity index is 590. The zero-order valence-electron chi connectivity index (χ0n) is 14.7. The van der Waals surface area contributed by atoms with Crippen molar-refractivity contribution in [3.8, 4) is 0 Å². The molecule has 1 atom stereocenters. The van der Waals surface area contributed by atoms with E-state index < -0.39 is 0 Å². The van der Waals surface area contributed by atoms with Crippen LogP contribution in [0.4, 0.5) is 4.79 Å². The molecule has 7 heteroatoms. The molecule has 2 fully saturated rings. The first-order chi connectivity index (χ1) is 12.1. The van der Waals surface area contributed by atoms with Crippen molar-refractivity contribution < 1.29 is 14.3 Å². The zero-order chi connectivity index (χ0) is 17.7. The average Bonchev–Trinajstić information content (AvgIpc) is 2.68. The van der Waals surface area contributed by atoms with Gasteiger partial charge in [0, 0.05) is 39.1 Å². The monoisotopic (exact) mass is 346 g/mol. The molecule has 0 aromatic carbocycles. The van der Waals surface area contributed by atoms with Gasteiger partial charge in [-0.15, -0.1) is 0 Å². The summed E-state index contributed by atoms with van der Waals surface area (Å²) in [7, 11) is 1.60. The van der Waals surface area contributed by atoms with Crippen molar-refractivity contribution in [3.05, 3.63) is 30.1 Å². The Hall–Kier alpha value is -2.15. The molecule has 2 aliphatic heterocycles. The Kier molecular flexibility index (Phi) is 5.53. The number of urea groups is 1. The fraction of sp³-hybridized carbons (Fsp3) is 0.611. The number of amides is 3. The molecule has 0 aliphatic carbocycles. The van der Waals surface area contributed by atoms with Crippen LogP contribution in [0.15, 0.2) is 24.5 Å². The number of aromatic nitrogens is 1. The quantitative estimate of drug-likeness (QED) is 0.867. The van der Waals surface area contributed by atoms with Crippen LogP contribution in [-0.2, 0) is 4.74 Å². The van der Waals surface area contributed by atoms with E-state index in [9.17, 15) is 9.59 Å². The molecule has 1 aromatic heterocycles. The van der Waals surface area contributed by atoms with Crippen molar-refractivity contribution in [1.29, 1.82) is 0 Å². The maximum Gasteiger partial charge on any atom is 0.314 e. The first kappa shape index (κ1) is 17.7. The van der Waals surface area contributed by atoms with Crippen LogP contribution in [0.2, 0.25) is 0 Å². The van der Waals surface area contributed by atoms with Crippen LogP contribution in [0, 0.1) is 5.41 Å². The molecule has 25 heavy (non-hydrogen) atoms. The van der Waals surface area contributed by atoms with E-state index in [1.165, 1.54) is 0 Å². The minimum atomic E-state index is -0.175. The third-order valence-electron chi connectivity index (χ3n) is 5.36. The topological polar surface area (TPSA) is 83.6 Å². The average molecular weight is 346 g/mol. The van der Waals surface area contributed by atoms with Gasteiger partial charge < -0.3 is 20.3 Å². The number of pyridine rings is 1. The summed E-state index contributed by atoms with van der Waals surface area (Å²) < 4.78 is 5.99. The molecule has 0 saturated carbocycles. The second kappa shape index (κ2) is 7.82. The van der Waals surface area contributed by atoms with Crippen molar-refractivity contribution >= 4 is 11.9 Å². The van der Waals surface area contributed by atoms with Gasteiger partial charge in [-0.05, 0) is 43.2 Å². The van der Waals surface area contributed by atoms with Gasteiger partial charge in [0.05, 0.1) is 18.3 Å². The number of likely N-dealkylation sites (tertiary alicyclic amines) is 1. The van der Waals surface area contributed by atoms with E-state index in [-0.39, 0.29) is 23.5 Å². The second-order valence-corrected chi connectivity index (χ2v) is 6.97. The molecular weight excluding hydrogens is 320 g/mol. The van der Waals surface area contributed by atoms with Gasteiger partial charge in [-0.1, -0.05) is 0 Å². The number of hydrogen-bond donors (Lipinski definition) is 2. The largest absolute Gasteiger partial charge is 0.376 e. The Balaban J connectivity index is 1.46. The molecule has 2 saturated heterocycles. The summed E-state index contributed by atoms with van der Waals surface area (Å²) in [6.07, 6.45) is 7.35. The first-order valence-corrected chi connectivity index (χ1v) is 8.88. The molecule has 2 aliphatic rings. The minimum Gasteiger partial charge on any atom is -0.376 e. The zero-order valence-corrected chi connectivity index (χ0v) is 14.7. The van der Waals surface area contributed by atoms with Gasteiger partial charge in [-0.3, -0.25) is 9.78 Å². The predicted molar refractivity (Wildman–Crippen MR) is 93.2 cm³/mol. The van der Waals surface area contributed by atoms with E-state index in [2.05, 4.69) is 15.6 Å². The Labute approximate surface area is 148 Å². The van der Waals surface area contributed by atoms with E-state index in [0.717, 1.165) is 38.8 Å². The fourth-order valence-electron chi connectivity index (χ4n) is 3.62. The molecule has 0 bridgehead atoms. The number of ether oxygens (including phenoxy) is 1. The van der Waals surface area contributed by atoms with Crippen molar-refractivity contribution in [2.75, 3.05) is 33.3 Å². The van der Waals surface area contributed by atoms with Gasteiger partial charge in [0.15, 0.2) is 0 Å². The van der Waals surface area contributed by atoms with Gasteiger partial charge in [0.2, 0.25) is 0 Å². The van der Waals surface area contributed by atoms with Gasteiger partial charge >= 0.3 is 6.03 Å². The normalized spacial score (nSPS) is 22.4. The van der Waals surface area contributed by atoms with Crippen LogP contribution in [0.25, 0.3) is 0 Å². The van der Waals surface area contributed by atoms with Crippen LogP contribution in [0.3, 0.4) is 0 Å². The smallest absolute Gasteiger partial charge is 0.314 e. The van der Waals surface area contributed by atoms with E-state index in [1.807, 2.05) is 11.0 Å². The summed E-state index contributed by atoms with van der Waals surface area (Å²) in [4.78, 5) is 29.7. The van der Waals surface area contributed by atoms with E-state index in [0.29, 0.717) is 18.7 Å². The van der Waals surface area contributed by atoms with Crippen molar-refractivity contribution in [1.82, 2.24) is 20.5 Å². The second-order valence-electron chi connectivity index (χ2n) is 6.97. The molecule has 2 N–H and O–H groups in total. The first-order valence-electron chi connectivity index (χ1n) is 8.88. The molecule has 7 nitrogen and oxygen atoms in total. The number of rotatable bonds is 3. The third-order valence-corrected chi connectivity index (χ3v) is 5.36. The maximum absolute atomic E-state index is 12.5. The number of carbonyl (C=O) groups is 2. The highest BCUT2D eigenvalue weighted by molar-refractivity contribution is 5.93. The third kappa shape index (κ3) is 4.28. The SMILES string of the molecule is CNC(=O)NCC1CCC2(CCN(C(=O)c3cccnc3)CC2)CO1. The summed E-state index contributed by atoms with van der Waals surface area (Å²) in [5, 5.41) is 5.34. The fourth-order valence-corrected chi connectivity index (χ4v) is 3.62. The number of hydrogen-bond acceptors (Lipinski definition) is 4. The summed E-state index contributed by atoms with van der Waals surface area (Å²) in [5.41, 5.74) is 0.827. The summed E-state index contributed by atoms with van der Waals surface area (Å²) in [6.45, 7) is 2.78. The van der Waals surface area contributed by atoms with Crippen LogP contribution in [0.5, 0.6) is 0 Å². The molecule has 1 unspecified atom stereocenters. The molecule has 1 aromatic rings. The predicted octanol–water partition coefficient (Wildman–Crippen LogP) is 1.41. The Morgan fingerprint density at radius 2 is 2.16 bits per heavy atom. The van der Waals surface area contributed by atoms with E-state index in [1.54, 1.807) is 25.5 Å². The molecular formula is C18H26N4O3. The summed E-state index contributed by atoms with van der Waals surface area (Å²) in [6, 6.07) is 3.43. The van der Waals surface area contributed by atoms with Crippen LogP contribution >= 0.6 is 0 Å². The van der Waals surface area contributed by atoms with Gasteiger partial charge in [0.1, 0.15) is 0 Å². The Morgan fingerprint density at radius 3 is 2.76 bits per heavy atom. The lowest BCUT2D eigenvalue weighted by atomic mass is 9.73. The summed E-state index contributed by atoms with van der Waals surface area (Å²) in [5.74, 6) is 0.0623. The highest BCUT2D eigenvalue weighted by Gasteiger charge is 2.39. The lowest BCUT2D eigenvalue weighted by Crippen LogP contribution is -2.49. The molecule has 136 valence electrons. The van der Waals surface area contributed by atoms with E-state index in [4.69, 9.17) is 4.74 Å². The minimum absolute atomic E-state index is 0.0623. The molecule has 3 amide bonds. The molecule has 3 rings (SSSR count). The summed E-state index contributed by atoms with van der Waals surface area (Å²) >= 11 is 0. The molecule has 0 radical (unpaired) electrons. The van der Waals surface area contributed by atoms with Crippen LogP contribution in [-0.4, -0.2) is 61.2 Å². The highest BCUT2D eigenvalue weighted by Crippen LogP contribution is 2.40. The number of nitrogens with zero attached hydrogens (tertiary/aromatic N) is 2. The standard InChI is InChI=1S/C18H26N4O3/c1-19-17(24)21-12-15-4-5-18(13-25-15)6-9-22(10-7-18)16(23)14-3-2-8-20-11-14/h2-3,8,11,15H,4-7,9-10,12-13H2,1H3,(H2,19,21,24). The van der Waals surface area contributed by atoms with Gasteiger partial charge in [0.25, 0.3) is 5.91 Å². The highest BCUT2D eigenvalue weighted by atomic mass is 16.5. The van der Waals surface area contributed by atoms with Crippen LogP contribution < -0.4 is 10.6 Å². The number of piperidine rings is 1. The maximum atomic E-state index is 12.5. The van der Waals surface area contributed by atoms with Gasteiger partial charge in [-0.2, -0.15) is 0 Å². The van der Waals surface area contributed by atoms with Crippen molar-refractivity contribution in [2.45, 2.75) is 31.8 Å². The lowest BCUT2D eigenvalue weighted by molar-refractivity contribution is -0.0807. The van der Waals surface area contributed by atoms with E-state index >= 15 is 0 Å². The van der Waals surface area contributed by atoms with Crippen molar-refractivity contribution in [3.63, 3.8) is 0 Å². The lowest BCUT2D eigenvalue weighted by Gasteiger charge is -2.45. The van der Waals surface area contributed by atoms with Crippen LogP contribution in [0.1, 0.15) is 36.0 Å². The van der Waals surface area contributed by atoms with Gasteiger partial charge in [-0.25, -0.2) is 4.79 Å². The van der Waals surface area contributed by atoms with Crippen molar-refractivity contribution in [2.24, 2.45) is 5.41 Å². The Morgan fingerprint density at radius 1 is 1.36 bits per heavy atom. The molecule has 3 heterocycles.